The quantitative estimate of drug-likeness (QED) is 0.540. The molecule has 1 heterocycles. The van der Waals surface area contributed by atoms with Crippen molar-refractivity contribution in [3.63, 3.8) is 0 Å². The molecule has 1 aromatic heterocycles. The summed E-state index contributed by atoms with van der Waals surface area (Å²) in [6.45, 7) is 10.0. The summed E-state index contributed by atoms with van der Waals surface area (Å²) < 4.78 is 0. The molecule has 178 valence electrons. The summed E-state index contributed by atoms with van der Waals surface area (Å²) >= 11 is 1.38. The zero-order valence-corrected chi connectivity index (χ0v) is 21.2. The average molecular weight is 468 g/mol. The first-order valence-corrected chi connectivity index (χ1v) is 13.2. The van der Waals surface area contributed by atoms with E-state index in [1.54, 1.807) is 6.20 Å². The fourth-order valence-corrected chi connectivity index (χ4v) is 6.84. The standard InChI is InChI=1S/C27H37N3O2S/c1-18(2)19-6-8-21-20(16-19)7-9-22-26(3,12-5-13-27(21,22)4)17-29-23(31)10-11-24(32)30-25-28-14-15-33-25/h6,8,14-16,18,22H,5,7,9-13,17H2,1-4H3,(H,29,31)(H,28,30,32). The van der Waals surface area contributed by atoms with E-state index in [0.717, 1.165) is 12.8 Å². The fourth-order valence-electron chi connectivity index (χ4n) is 6.30. The number of rotatable bonds is 7. The monoisotopic (exact) mass is 467 g/mol. The first-order valence-electron chi connectivity index (χ1n) is 12.3. The molecule has 2 aliphatic rings. The molecule has 33 heavy (non-hydrogen) atoms. The van der Waals surface area contributed by atoms with Crippen molar-refractivity contribution in [2.45, 2.75) is 84.0 Å². The molecule has 0 radical (unpaired) electrons. The second-order valence-corrected chi connectivity index (χ2v) is 11.6. The molecule has 5 nitrogen and oxygen atoms in total. The van der Waals surface area contributed by atoms with Crippen molar-refractivity contribution in [1.82, 2.24) is 10.3 Å². The van der Waals surface area contributed by atoms with Crippen LogP contribution in [0.2, 0.25) is 0 Å². The van der Waals surface area contributed by atoms with Crippen LogP contribution in [0.5, 0.6) is 0 Å². The molecule has 4 rings (SSSR count). The Labute approximate surface area is 201 Å². The van der Waals surface area contributed by atoms with Crippen LogP contribution >= 0.6 is 11.3 Å². The van der Waals surface area contributed by atoms with E-state index < -0.39 is 0 Å². The summed E-state index contributed by atoms with van der Waals surface area (Å²) in [6, 6.07) is 7.15. The Morgan fingerprint density at radius 1 is 1.18 bits per heavy atom. The zero-order valence-electron chi connectivity index (χ0n) is 20.4. The molecule has 0 saturated heterocycles. The third-order valence-corrected chi connectivity index (χ3v) is 8.80. The number of nitrogens with one attached hydrogen (secondary N) is 2. The Morgan fingerprint density at radius 3 is 2.70 bits per heavy atom. The van der Waals surface area contributed by atoms with Gasteiger partial charge in [0.2, 0.25) is 11.8 Å². The number of anilines is 1. The zero-order chi connectivity index (χ0) is 23.6. The summed E-state index contributed by atoms with van der Waals surface area (Å²) in [5.41, 5.74) is 4.72. The molecule has 2 aliphatic carbocycles. The van der Waals surface area contributed by atoms with Crippen LogP contribution in [0.25, 0.3) is 0 Å². The molecule has 6 heteroatoms. The highest BCUT2D eigenvalue weighted by atomic mass is 32.1. The topological polar surface area (TPSA) is 71.1 Å². The third-order valence-electron chi connectivity index (χ3n) is 8.12. The molecule has 2 amide bonds. The van der Waals surface area contributed by atoms with Gasteiger partial charge in [0, 0.05) is 31.0 Å². The Morgan fingerprint density at radius 2 is 1.97 bits per heavy atom. The SMILES string of the molecule is CC(C)c1ccc2c(c1)CCC1C(C)(CNC(=O)CCC(=O)Nc3nccs3)CCCC21C. The van der Waals surface area contributed by atoms with E-state index in [9.17, 15) is 9.59 Å². The van der Waals surface area contributed by atoms with Crippen LogP contribution in [0.15, 0.2) is 29.8 Å². The number of aromatic nitrogens is 1. The van der Waals surface area contributed by atoms with Crippen LogP contribution in [0, 0.1) is 11.3 Å². The molecule has 0 aliphatic heterocycles. The normalized spacial score (nSPS) is 26.4. The Hall–Kier alpha value is -2.21. The van der Waals surface area contributed by atoms with Crippen LogP contribution in [-0.2, 0) is 21.4 Å². The maximum Gasteiger partial charge on any atom is 0.226 e. The van der Waals surface area contributed by atoms with Crippen LogP contribution in [0.3, 0.4) is 0 Å². The smallest absolute Gasteiger partial charge is 0.226 e. The number of fused-ring (bicyclic) bond motifs is 3. The van der Waals surface area contributed by atoms with Crippen molar-refractivity contribution in [3.05, 3.63) is 46.5 Å². The lowest BCUT2D eigenvalue weighted by atomic mass is 9.49. The van der Waals surface area contributed by atoms with Gasteiger partial charge >= 0.3 is 0 Å². The Balaban J connectivity index is 1.38. The summed E-state index contributed by atoms with van der Waals surface area (Å²) in [5, 5.41) is 8.30. The highest BCUT2D eigenvalue weighted by molar-refractivity contribution is 7.13. The number of aryl methyl sites for hydroxylation is 1. The van der Waals surface area contributed by atoms with Gasteiger partial charge < -0.3 is 10.6 Å². The molecule has 1 saturated carbocycles. The molecule has 3 unspecified atom stereocenters. The Bertz CT molecular complexity index is 1000. The molecule has 1 fully saturated rings. The predicted octanol–water partition coefficient (Wildman–Crippen LogP) is 5.81. The maximum absolute atomic E-state index is 12.6. The predicted molar refractivity (Wildman–Crippen MR) is 135 cm³/mol. The van der Waals surface area contributed by atoms with Gasteiger partial charge in [-0.05, 0) is 65.0 Å². The van der Waals surface area contributed by atoms with E-state index in [-0.39, 0.29) is 35.5 Å². The molecule has 3 atom stereocenters. The lowest BCUT2D eigenvalue weighted by molar-refractivity contribution is -0.125. The van der Waals surface area contributed by atoms with E-state index in [1.165, 1.54) is 47.3 Å². The van der Waals surface area contributed by atoms with Gasteiger partial charge in [-0.25, -0.2) is 4.98 Å². The Kier molecular flexibility index (Phi) is 6.94. The number of thiazole rings is 1. The number of hydrogen-bond acceptors (Lipinski definition) is 4. The van der Waals surface area contributed by atoms with Crippen molar-refractivity contribution < 1.29 is 9.59 Å². The number of carbonyl (C=O) groups excluding carboxylic acids is 2. The van der Waals surface area contributed by atoms with Gasteiger partial charge in [0.25, 0.3) is 0 Å². The van der Waals surface area contributed by atoms with Crippen molar-refractivity contribution in [2.75, 3.05) is 11.9 Å². The third kappa shape index (κ3) is 5.01. The van der Waals surface area contributed by atoms with Crippen LogP contribution in [0.4, 0.5) is 5.13 Å². The highest BCUT2D eigenvalue weighted by Crippen LogP contribution is 2.57. The van der Waals surface area contributed by atoms with Gasteiger partial charge in [-0.2, -0.15) is 0 Å². The van der Waals surface area contributed by atoms with Crippen molar-refractivity contribution in [1.29, 1.82) is 0 Å². The van der Waals surface area contributed by atoms with Gasteiger partial charge in [0.15, 0.2) is 5.13 Å². The van der Waals surface area contributed by atoms with Crippen LogP contribution in [-0.4, -0.2) is 23.3 Å². The first-order chi connectivity index (χ1) is 15.7. The number of nitrogens with zero attached hydrogens (tertiary/aromatic N) is 1. The maximum atomic E-state index is 12.6. The van der Waals surface area contributed by atoms with Crippen molar-refractivity contribution >= 4 is 28.3 Å². The van der Waals surface area contributed by atoms with Gasteiger partial charge in [0.05, 0.1) is 0 Å². The fraction of sp³-hybridized carbons (Fsp3) is 0.593. The average Bonchev–Trinajstić information content (AvgIpc) is 3.29. The summed E-state index contributed by atoms with van der Waals surface area (Å²) in [6.07, 6.45) is 7.86. The summed E-state index contributed by atoms with van der Waals surface area (Å²) in [7, 11) is 0. The van der Waals surface area contributed by atoms with E-state index in [1.807, 2.05) is 5.38 Å². The number of hydrogen-bond donors (Lipinski definition) is 2. The van der Waals surface area contributed by atoms with Gasteiger partial charge in [-0.1, -0.05) is 52.3 Å². The number of benzene rings is 1. The molecular formula is C27H37N3O2S. The molecular weight excluding hydrogens is 430 g/mol. The van der Waals surface area contributed by atoms with Gasteiger partial charge in [-0.3, -0.25) is 9.59 Å². The number of amides is 2. The first kappa shape index (κ1) is 23.9. The summed E-state index contributed by atoms with van der Waals surface area (Å²) in [5.74, 6) is 0.887. The second kappa shape index (κ2) is 9.57. The minimum absolute atomic E-state index is 0.0458. The molecule has 0 spiro atoms. The largest absolute Gasteiger partial charge is 0.356 e. The minimum Gasteiger partial charge on any atom is -0.356 e. The lowest BCUT2D eigenvalue weighted by Crippen LogP contribution is -2.53. The van der Waals surface area contributed by atoms with Crippen molar-refractivity contribution in [2.24, 2.45) is 11.3 Å². The molecule has 2 aromatic rings. The van der Waals surface area contributed by atoms with Crippen LogP contribution < -0.4 is 10.6 Å². The van der Waals surface area contributed by atoms with E-state index >= 15 is 0 Å². The minimum atomic E-state index is -0.166. The van der Waals surface area contributed by atoms with Crippen molar-refractivity contribution in [3.8, 4) is 0 Å². The number of carbonyl (C=O) groups is 2. The van der Waals surface area contributed by atoms with E-state index in [2.05, 4.69) is 61.5 Å². The molecule has 1 aromatic carbocycles. The molecule has 2 N–H and O–H groups in total. The van der Waals surface area contributed by atoms with Crippen LogP contribution in [0.1, 0.15) is 88.8 Å². The summed E-state index contributed by atoms with van der Waals surface area (Å²) in [4.78, 5) is 28.7. The van der Waals surface area contributed by atoms with E-state index in [0.29, 0.717) is 23.5 Å². The van der Waals surface area contributed by atoms with Gasteiger partial charge in [0.1, 0.15) is 0 Å². The van der Waals surface area contributed by atoms with Gasteiger partial charge in [-0.15, -0.1) is 11.3 Å². The molecule has 0 bridgehead atoms. The highest BCUT2D eigenvalue weighted by Gasteiger charge is 2.51. The second-order valence-electron chi connectivity index (χ2n) is 10.7. The lowest BCUT2D eigenvalue weighted by Gasteiger charge is -2.55. The van der Waals surface area contributed by atoms with E-state index in [4.69, 9.17) is 0 Å².